The summed E-state index contributed by atoms with van der Waals surface area (Å²) in [4.78, 5) is 29.4. The predicted molar refractivity (Wildman–Crippen MR) is 129 cm³/mol. The van der Waals surface area contributed by atoms with Crippen LogP contribution >= 0.6 is 11.3 Å². The number of allylic oxidation sites excluding steroid dienone is 2. The van der Waals surface area contributed by atoms with Crippen LogP contribution in [0.4, 0.5) is 5.69 Å². The van der Waals surface area contributed by atoms with Gasteiger partial charge in [0.25, 0.3) is 0 Å². The lowest BCUT2D eigenvalue weighted by atomic mass is 9.81. The fraction of sp³-hybridized carbons (Fsp3) is 0.692. The largest absolute Gasteiger partial charge is 0.477 e. The molecule has 0 bridgehead atoms. The zero-order valence-electron chi connectivity index (χ0n) is 19.5. The highest BCUT2D eigenvalue weighted by molar-refractivity contribution is 7.15. The van der Waals surface area contributed by atoms with Crippen molar-refractivity contribution in [3.63, 3.8) is 0 Å². The Bertz CT molecular complexity index is 844. The van der Waals surface area contributed by atoms with Gasteiger partial charge in [-0.05, 0) is 94.6 Å². The van der Waals surface area contributed by atoms with E-state index in [1.54, 1.807) is 7.11 Å². The molecule has 0 saturated heterocycles. The van der Waals surface area contributed by atoms with E-state index in [1.807, 2.05) is 11.0 Å². The van der Waals surface area contributed by atoms with Gasteiger partial charge in [0.2, 0.25) is 5.91 Å². The lowest BCUT2D eigenvalue weighted by Crippen LogP contribution is -2.47. The average molecular weight is 460 g/mol. The van der Waals surface area contributed by atoms with Crippen molar-refractivity contribution in [2.45, 2.75) is 96.1 Å². The normalized spacial score (nSPS) is 28.8. The second kappa shape index (κ2) is 10.5. The first kappa shape index (κ1) is 23.5. The van der Waals surface area contributed by atoms with E-state index in [0.29, 0.717) is 16.5 Å². The van der Waals surface area contributed by atoms with Crippen molar-refractivity contribution in [3.8, 4) is 0 Å². The number of amides is 1. The quantitative estimate of drug-likeness (QED) is 0.526. The number of ether oxygens (including phenoxy) is 1. The molecule has 2 saturated carbocycles. The van der Waals surface area contributed by atoms with Crippen LogP contribution in [0.3, 0.4) is 0 Å². The molecule has 32 heavy (non-hydrogen) atoms. The molecule has 0 aromatic carbocycles. The van der Waals surface area contributed by atoms with Crippen LogP contribution in [0, 0.1) is 11.8 Å². The van der Waals surface area contributed by atoms with Gasteiger partial charge >= 0.3 is 5.97 Å². The van der Waals surface area contributed by atoms with E-state index in [1.165, 1.54) is 23.3 Å². The van der Waals surface area contributed by atoms with Crippen LogP contribution in [0.1, 0.15) is 98.5 Å². The minimum Gasteiger partial charge on any atom is -0.477 e. The van der Waals surface area contributed by atoms with Gasteiger partial charge in [-0.2, -0.15) is 0 Å². The summed E-state index contributed by atoms with van der Waals surface area (Å²) in [5, 5.41) is 10.1. The van der Waals surface area contributed by atoms with Gasteiger partial charge in [-0.1, -0.05) is 13.0 Å². The highest BCUT2D eigenvalue weighted by atomic mass is 32.1. The highest BCUT2D eigenvalue weighted by Crippen LogP contribution is 2.42. The summed E-state index contributed by atoms with van der Waals surface area (Å²) < 4.78 is 5.56. The minimum absolute atomic E-state index is 0.00485. The number of rotatable bonds is 6. The Morgan fingerprint density at radius 3 is 2.38 bits per heavy atom. The molecule has 4 rings (SSSR count). The molecule has 1 N–H and O–H groups in total. The number of aromatic carboxylic acids is 1. The molecule has 6 heteroatoms. The first-order valence-electron chi connectivity index (χ1n) is 12.4. The molecule has 1 heterocycles. The summed E-state index contributed by atoms with van der Waals surface area (Å²) in [7, 11) is 1.75. The van der Waals surface area contributed by atoms with Gasteiger partial charge in [-0.25, -0.2) is 4.79 Å². The van der Waals surface area contributed by atoms with Crippen molar-refractivity contribution in [1.82, 2.24) is 0 Å². The number of hydrogen-bond acceptors (Lipinski definition) is 4. The zero-order valence-corrected chi connectivity index (χ0v) is 20.3. The first-order chi connectivity index (χ1) is 15.5. The van der Waals surface area contributed by atoms with E-state index in [9.17, 15) is 14.7 Å². The molecule has 1 aromatic rings. The molecule has 0 spiro atoms. The number of nitrogens with zero attached hydrogens (tertiary/aromatic N) is 1. The monoisotopic (exact) mass is 459 g/mol. The molecule has 0 unspecified atom stereocenters. The fourth-order valence-electron chi connectivity index (χ4n) is 5.67. The number of carboxylic acids is 1. The van der Waals surface area contributed by atoms with Crippen molar-refractivity contribution in [2.75, 3.05) is 12.0 Å². The van der Waals surface area contributed by atoms with Gasteiger partial charge in [-0.3, -0.25) is 4.79 Å². The van der Waals surface area contributed by atoms with Crippen molar-refractivity contribution < 1.29 is 19.4 Å². The maximum Gasteiger partial charge on any atom is 0.348 e. The summed E-state index contributed by atoms with van der Waals surface area (Å²) in [5.41, 5.74) is 1.88. The Balaban J connectivity index is 1.68. The Morgan fingerprint density at radius 1 is 1.06 bits per heavy atom. The fourth-order valence-corrected chi connectivity index (χ4v) is 6.73. The average Bonchev–Trinajstić information content (AvgIpc) is 3.26. The molecule has 2 fully saturated rings. The summed E-state index contributed by atoms with van der Waals surface area (Å²) in [5.74, 6) is -0.106. The topological polar surface area (TPSA) is 66.8 Å². The van der Waals surface area contributed by atoms with E-state index in [2.05, 4.69) is 13.0 Å². The van der Waals surface area contributed by atoms with Crippen molar-refractivity contribution >= 4 is 34.5 Å². The van der Waals surface area contributed by atoms with Crippen LogP contribution in [-0.2, 0) is 9.53 Å². The molecule has 0 aliphatic heterocycles. The minimum atomic E-state index is -0.923. The maximum absolute atomic E-state index is 13.9. The smallest absolute Gasteiger partial charge is 0.348 e. The van der Waals surface area contributed by atoms with Gasteiger partial charge in [0.15, 0.2) is 0 Å². The van der Waals surface area contributed by atoms with Crippen LogP contribution in [0.15, 0.2) is 12.1 Å². The molecule has 3 aliphatic rings. The Morgan fingerprint density at radius 2 is 1.78 bits per heavy atom. The summed E-state index contributed by atoms with van der Waals surface area (Å²) in [6.45, 7) is 2.26. The van der Waals surface area contributed by atoms with Crippen molar-refractivity contribution in [1.29, 1.82) is 0 Å². The third kappa shape index (κ3) is 5.12. The number of thiophene rings is 1. The van der Waals surface area contributed by atoms with Gasteiger partial charge in [-0.15, -0.1) is 11.3 Å². The molecular weight excluding hydrogens is 422 g/mol. The molecule has 0 atom stereocenters. The predicted octanol–water partition coefficient (Wildman–Crippen LogP) is 6.52. The van der Waals surface area contributed by atoms with Crippen LogP contribution in [-0.4, -0.2) is 36.2 Å². The van der Waals surface area contributed by atoms with Gasteiger partial charge in [0, 0.05) is 23.9 Å². The van der Waals surface area contributed by atoms with E-state index < -0.39 is 5.97 Å². The van der Waals surface area contributed by atoms with Crippen LogP contribution in [0.5, 0.6) is 0 Å². The number of carboxylic acid groups (broad SMARTS) is 1. The number of methoxy groups -OCH3 is 1. The summed E-state index contributed by atoms with van der Waals surface area (Å²) in [6, 6.07) is 2.06. The van der Waals surface area contributed by atoms with Crippen molar-refractivity contribution in [3.05, 3.63) is 21.9 Å². The Kier molecular flexibility index (Phi) is 7.72. The van der Waals surface area contributed by atoms with Crippen molar-refractivity contribution in [2.24, 2.45) is 11.8 Å². The number of carbonyl (C=O) groups is 2. The third-order valence-electron chi connectivity index (χ3n) is 7.72. The molecule has 1 amide bonds. The van der Waals surface area contributed by atoms with Gasteiger partial charge in [0.1, 0.15) is 4.88 Å². The maximum atomic E-state index is 13.9. The lowest BCUT2D eigenvalue weighted by molar-refractivity contribution is -0.124. The van der Waals surface area contributed by atoms with E-state index in [0.717, 1.165) is 75.5 Å². The number of hydrogen-bond donors (Lipinski definition) is 1. The summed E-state index contributed by atoms with van der Waals surface area (Å²) in [6.07, 6.45) is 14.4. The molecule has 5 nitrogen and oxygen atoms in total. The second-order valence-electron chi connectivity index (χ2n) is 9.94. The zero-order chi connectivity index (χ0) is 22.7. The van der Waals surface area contributed by atoms with Gasteiger partial charge < -0.3 is 14.7 Å². The molecule has 1 aromatic heterocycles. The summed E-state index contributed by atoms with van der Waals surface area (Å²) >= 11 is 1.35. The van der Waals surface area contributed by atoms with Crippen LogP contribution in [0.25, 0.3) is 5.57 Å². The van der Waals surface area contributed by atoms with E-state index in [4.69, 9.17) is 4.74 Å². The number of anilines is 1. The van der Waals surface area contributed by atoms with Crippen LogP contribution in [0.2, 0.25) is 0 Å². The Hall–Kier alpha value is -1.66. The number of carbonyl (C=O) groups excluding carboxylic acids is 1. The van der Waals surface area contributed by atoms with Crippen LogP contribution < -0.4 is 4.90 Å². The SMILES string of the molecule is COC1CCC(N(c2cc(C3=CCCCC3)sc2C(=O)O)C(=O)[C@H]2CC[C@H](C)CC2)CC1. The molecule has 3 aliphatic carbocycles. The van der Waals surface area contributed by atoms with E-state index >= 15 is 0 Å². The highest BCUT2D eigenvalue weighted by Gasteiger charge is 2.37. The molecular formula is C26H37NO4S. The second-order valence-corrected chi connectivity index (χ2v) is 11.0. The standard InChI is InChI=1S/C26H37NO4S/c1-17-8-10-19(11-9-17)25(28)27(20-12-14-21(31-2)15-13-20)22-16-23(32-24(22)26(29)30)18-6-4-3-5-7-18/h6,16-17,19-21H,3-5,7-15H2,1-2H3,(H,29,30)/t17-,19-,20?,21?. The third-order valence-corrected chi connectivity index (χ3v) is 8.91. The van der Waals surface area contributed by atoms with Gasteiger partial charge in [0.05, 0.1) is 11.8 Å². The Labute approximate surface area is 195 Å². The van der Waals surface area contributed by atoms with E-state index in [-0.39, 0.29) is 24.0 Å². The lowest BCUT2D eigenvalue weighted by Gasteiger charge is -2.39. The first-order valence-corrected chi connectivity index (χ1v) is 13.2. The molecule has 176 valence electrons. The molecule has 0 radical (unpaired) electrons.